The number of likely N-dealkylation sites (tertiary alicyclic amines) is 1. The van der Waals surface area contributed by atoms with Gasteiger partial charge in [-0.15, -0.1) is 11.3 Å². The van der Waals surface area contributed by atoms with E-state index in [4.69, 9.17) is 9.26 Å². The van der Waals surface area contributed by atoms with Crippen molar-refractivity contribution < 1.29 is 19.2 Å². The summed E-state index contributed by atoms with van der Waals surface area (Å²) in [6.07, 6.45) is 0.520. The molecule has 0 spiro atoms. The molecule has 31 heavy (non-hydrogen) atoms. The highest BCUT2D eigenvalue weighted by molar-refractivity contribution is 7.10. The second-order valence-electron chi connectivity index (χ2n) is 8.06. The van der Waals surface area contributed by atoms with Crippen LogP contribution in [0.5, 0.6) is 0 Å². The van der Waals surface area contributed by atoms with Crippen LogP contribution in [0, 0.1) is 0 Å². The van der Waals surface area contributed by atoms with Gasteiger partial charge in [0.05, 0.1) is 24.2 Å². The first-order valence-corrected chi connectivity index (χ1v) is 11.1. The predicted octanol–water partition coefficient (Wildman–Crippen LogP) is 3.23. The molecule has 1 aromatic carbocycles. The van der Waals surface area contributed by atoms with E-state index in [1.165, 1.54) is 7.11 Å². The fourth-order valence-electron chi connectivity index (χ4n) is 4.11. The summed E-state index contributed by atoms with van der Waals surface area (Å²) in [5.74, 6) is 0.492. The summed E-state index contributed by atoms with van der Waals surface area (Å²) >= 11 is 1.61. The number of aromatic nitrogens is 1. The highest BCUT2D eigenvalue weighted by Gasteiger charge is 2.46. The van der Waals surface area contributed by atoms with Crippen molar-refractivity contribution in [3.8, 4) is 11.3 Å². The van der Waals surface area contributed by atoms with Crippen LogP contribution in [-0.2, 0) is 16.1 Å². The quantitative estimate of drug-likeness (QED) is 0.585. The van der Waals surface area contributed by atoms with Crippen LogP contribution in [0.15, 0.2) is 58.4 Å². The van der Waals surface area contributed by atoms with Gasteiger partial charge in [-0.25, -0.2) is 0 Å². The van der Waals surface area contributed by atoms with Gasteiger partial charge in [0.15, 0.2) is 5.76 Å². The number of nitrogens with one attached hydrogen (secondary N) is 1. The van der Waals surface area contributed by atoms with Crippen molar-refractivity contribution in [2.75, 3.05) is 20.3 Å². The number of carbonyl (C=O) groups is 1. The number of piperidine rings is 1. The zero-order chi connectivity index (χ0) is 21.8. The number of carbonyl (C=O) groups excluding carboxylic acids is 1. The molecule has 7 nitrogen and oxygen atoms in total. The Hall–Kier alpha value is -2.52. The second kappa shape index (κ2) is 9.32. The summed E-state index contributed by atoms with van der Waals surface area (Å²) in [4.78, 5) is 15.7. The Morgan fingerprint density at radius 3 is 2.87 bits per heavy atom. The minimum absolute atomic E-state index is 0.0493. The molecule has 4 rings (SSSR count). The molecule has 164 valence electrons. The smallest absolute Gasteiger partial charge is 0.246 e. The minimum atomic E-state index is -1.05. The third-order valence-electron chi connectivity index (χ3n) is 5.70. The number of methoxy groups -OCH3 is 1. The van der Waals surface area contributed by atoms with E-state index in [0.717, 1.165) is 21.9 Å². The van der Waals surface area contributed by atoms with E-state index in [1.807, 2.05) is 53.9 Å². The number of ether oxygens (including phenoxy) is 1. The van der Waals surface area contributed by atoms with Gasteiger partial charge in [0, 0.05) is 30.2 Å². The van der Waals surface area contributed by atoms with Crippen LogP contribution in [0.3, 0.4) is 0 Å². The average molecular weight is 442 g/mol. The van der Waals surface area contributed by atoms with E-state index < -0.39 is 11.6 Å². The predicted molar refractivity (Wildman–Crippen MR) is 118 cm³/mol. The molecule has 1 amide bonds. The summed E-state index contributed by atoms with van der Waals surface area (Å²) in [5, 5.41) is 20.4. The van der Waals surface area contributed by atoms with Crippen LogP contribution in [0.1, 0.15) is 30.0 Å². The standard InChI is InChI=1S/C23H27N3O4S/c1-23(28)10-11-26(14-17-13-18(25-30-17)16-7-4-3-5-8-16)21(19-9-6-12-31-19)22(23)24-20(27)15-29-2/h3-9,12-13,21-22,28H,10-11,14-15H2,1-2H3,(H,24,27)/t21-,22-,23+/m0/s1. The summed E-state index contributed by atoms with van der Waals surface area (Å²) in [7, 11) is 1.48. The molecule has 1 aliphatic heterocycles. The van der Waals surface area contributed by atoms with E-state index in [1.54, 1.807) is 18.3 Å². The maximum absolute atomic E-state index is 12.3. The van der Waals surface area contributed by atoms with Gasteiger partial charge in [0.1, 0.15) is 12.3 Å². The molecular formula is C23H27N3O4S. The third-order valence-corrected chi connectivity index (χ3v) is 6.64. The molecule has 1 aliphatic rings. The first-order chi connectivity index (χ1) is 15.0. The molecule has 0 bridgehead atoms. The molecule has 3 atom stereocenters. The van der Waals surface area contributed by atoms with Crippen LogP contribution in [-0.4, -0.2) is 53.0 Å². The zero-order valence-corrected chi connectivity index (χ0v) is 18.5. The van der Waals surface area contributed by atoms with E-state index in [9.17, 15) is 9.90 Å². The van der Waals surface area contributed by atoms with Crippen LogP contribution < -0.4 is 5.32 Å². The maximum Gasteiger partial charge on any atom is 0.246 e. The van der Waals surface area contributed by atoms with E-state index in [2.05, 4.69) is 15.4 Å². The first-order valence-electron chi connectivity index (χ1n) is 10.3. The molecule has 0 aliphatic carbocycles. The minimum Gasteiger partial charge on any atom is -0.388 e. The summed E-state index contributed by atoms with van der Waals surface area (Å²) in [5.41, 5.74) is 0.737. The Kier molecular flexibility index (Phi) is 6.52. The Morgan fingerprint density at radius 1 is 1.35 bits per heavy atom. The Bertz CT molecular complexity index is 987. The van der Waals surface area contributed by atoms with E-state index in [-0.39, 0.29) is 18.6 Å². The van der Waals surface area contributed by atoms with Gasteiger partial charge in [-0.3, -0.25) is 9.69 Å². The summed E-state index contributed by atoms with van der Waals surface area (Å²) in [6, 6.07) is 15.2. The van der Waals surface area contributed by atoms with Crippen molar-refractivity contribution in [3.05, 3.63) is 64.5 Å². The lowest BCUT2D eigenvalue weighted by atomic mass is 9.81. The Balaban J connectivity index is 1.60. The van der Waals surface area contributed by atoms with Crippen LogP contribution in [0.25, 0.3) is 11.3 Å². The molecule has 3 aromatic rings. The van der Waals surface area contributed by atoms with Crippen molar-refractivity contribution >= 4 is 17.2 Å². The van der Waals surface area contributed by atoms with Crippen LogP contribution >= 0.6 is 11.3 Å². The highest BCUT2D eigenvalue weighted by atomic mass is 32.1. The molecular weight excluding hydrogens is 414 g/mol. The van der Waals surface area contributed by atoms with Crippen molar-refractivity contribution in [1.29, 1.82) is 0 Å². The van der Waals surface area contributed by atoms with Crippen molar-refractivity contribution in [2.24, 2.45) is 0 Å². The summed E-state index contributed by atoms with van der Waals surface area (Å²) < 4.78 is 10.6. The van der Waals surface area contributed by atoms with Gasteiger partial charge in [-0.2, -0.15) is 0 Å². The lowest BCUT2D eigenvalue weighted by Crippen LogP contribution is -2.62. The fourth-order valence-corrected chi connectivity index (χ4v) is 5.01. The van der Waals surface area contributed by atoms with Crippen molar-refractivity contribution in [2.45, 2.75) is 37.6 Å². The second-order valence-corrected chi connectivity index (χ2v) is 9.04. The number of thiophene rings is 1. The third kappa shape index (κ3) is 4.88. The molecule has 2 aromatic heterocycles. The van der Waals surface area contributed by atoms with E-state index >= 15 is 0 Å². The fraction of sp³-hybridized carbons (Fsp3) is 0.391. The number of hydrogen-bond acceptors (Lipinski definition) is 7. The monoisotopic (exact) mass is 441 g/mol. The van der Waals surface area contributed by atoms with Gasteiger partial charge >= 0.3 is 0 Å². The molecule has 0 radical (unpaired) electrons. The van der Waals surface area contributed by atoms with Gasteiger partial charge in [-0.1, -0.05) is 41.6 Å². The number of hydrogen-bond donors (Lipinski definition) is 2. The summed E-state index contributed by atoms with van der Waals surface area (Å²) in [6.45, 7) is 2.92. The van der Waals surface area contributed by atoms with Gasteiger partial charge < -0.3 is 19.7 Å². The van der Waals surface area contributed by atoms with Gasteiger partial charge in [0.2, 0.25) is 5.91 Å². The topological polar surface area (TPSA) is 87.8 Å². The first kappa shape index (κ1) is 21.7. The molecule has 0 saturated carbocycles. The maximum atomic E-state index is 12.3. The SMILES string of the molecule is COCC(=O)N[C@H]1[C@H](c2cccs2)N(Cc2cc(-c3ccccc3)no2)CC[C@@]1(C)O. The molecule has 0 unspecified atom stereocenters. The van der Waals surface area contributed by atoms with E-state index in [0.29, 0.717) is 19.5 Å². The van der Waals surface area contributed by atoms with Crippen molar-refractivity contribution in [1.82, 2.24) is 15.4 Å². The molecule has 3 heterocycles. The number of aliphatic hydroxyl groups is 1. The average Bonchev–Trinajstić information content (AvgIpc) is 3.44. The lowest BCUT2D eigenvalue weighted by Gasteiger charge is -2.48. The zero-order valence-electron chi connectivity index (χ0n) is 17.7. The van der Waals surface area contributed by atoms with Crippen molar-refractivity contribution in [3.63, 3.8) is 0 Å². The highest BCUT2D eigenvalue weighted by Crippen LogP contribution is 2.39. The number of amides is 1. The normalized spacial score (nSPS) is 24.2. The number of benzene rings is 1. The number of rotatable bonds is 7. The van der Waals surface area contributed by atoms with Gasteiger partial charge in [-0.05, 0) is 24.8 Å². The van der Waals surface area contributed by atoms with Crippen LogP contribution in [0.2, 0.25) is 0 Å². The molecule has 1 fully saturated rings. The largest absolute Gasteiger partial charge is 0.388 e. The van der Waals surface area contributed by atoms with Crippen LogP contribution in [0.4, 0.5) is 0 Å². The molecule has 2 N–H and O–H groups in total. The molecule has 8 heteroatoms. The Labute approximate surface area is 185 Å². The number of nitrogens with zero attached hydrogens (tertiary/aromatic N) is 2. The van der Waals surface area contributed by atoms with Gasteiger partial charge in [0.25, 0.3) is 0 Å². The molecule has 1 saturated heterocycles. The Morgan fingerprint density at radius 2 is 2.16 bits per heavy atom. The lowest BCUT2D eigenvalue weighted by molar-refractivity contribution is -0.132.